The van der Waals surface area contributed by atoms with Gasteiger partial charge < -0.3 is 10.3 Å². The van der Waals surface area contributed by atoms with Gasteiger partial charge in [0.1, 0.15) is 10.8 Å². The quantitative estimate of drug-likeness (QED) is 0.908. The molecule has 0 aliphatic carbocycles. The van der Waals surface area contributed by atoms with Gasteiger partial charge in [0.25, 0.3) is 5.56 Å². The summed E-state index contributed by atoms with van der Waals surface area (Å²) in [6.45, 7) is 9.67. The molecule has 0 spiro atoms. The van der Waals surface area contributed by atoms with E-state index < -0.39 is 0 Å². The molecule has 2 atom stereocenters. The van der Waals surface area contributed by atoms with Crippen LogP contribution in [0.4, 0.5) is 0 Å². The molecule has 2 unspecified atom stereocenters. The zero-order valence-electron chi connectivity index (χ0n) is 12.4. The first-order valence-corrected chi connectivity index (χ1v) is 7.52. The molecule has 0 amide bonds. The maximum atomic E-state index is 12.1. The Balaban J connectivity index is 2.20. The highest BCUT2D eigenvalue weighted by Gasteiger charge is 2.18. The van der Waals surface area contributed by atoms with Gasteiger partial charge in [-0.1, -0.05) is 0 Å². The number of H-pyrrole nitrogens is 1. The fourth-order valence-electron chi connectivity index (χ4n) is 2.35. The third-order valence-electron chi connectivity index (χ3n) is 3.20. The van der Waals surface area contributed by atoms with Crippen LogP contribution in [0, 0.1) is 20.8 Å². The fraction of sp³-hybridized carbons (Fsp3) is 0.500. The van der Waals surface area contributed by atoms with Gasteiger partial charge in [0.05, 0.1) is 11.6 Å². The predicted molar refractivity (Wildman–Crippen MR) is 81.1 cm³/mol. The van der Waals surface area contributed by atoms with Gasteiger partial charge in [-0.3, -0.25) is 4.79 Å². The van der Waals surface area contributed by atoms with Crippen molar-refractivity contribution in [3.8, 4) is 0 Å². The van der Waals surface area contributed by atoms with Crippen LogP contribution in [-0.2, 0) is 0 Å². The van der Waals surface area contributed by atoms with E-state index in [1.807, 2.05) is 26.2 Å². The predicted octanol–water partition coefficient (Wildman–Crippen LogP) is 2.56. The van der Waals surface area contributed by atoms with Crippen LogP contribution in [0.1, 0.15) is 53.7 Å². The normalized spacial score (nSPS) is 14.2. The van der Waals surface area contributed by atoms with E-state index in [9.17, 15) is 4.79 Å². The Morgan fingerprint density at radius 1 is 1.20 bits per heavy atom. The Bertz CT molecular complexity index is 661. The Labute approximate surface area is 122 Å². The van der Waals surface area contributed by atoms with Crippen LogP contribution >= 0.6 is 11.3 Å². The minimum absolute atomic E-state index is 0.0717. The maximum absolute atomic E-state index is 12.1. The Hall–Kier alpha value is -1.53. The standard InChI is InChI=1S/C14H20N4OS/c1-7-6-20-14(15-7)10(4)16-8(2)12-9(3)17-11(5)18-13(12)19/h6,8,10,16H,1-5H3,(H,17,18,19). The van der Waals surface area contributed by atoms with Crippen molar-refractivity contribution in [3.05, 3.63) is 43.5 Å². The van der Waals surface area contributed by atoms with Crippen molar-refractivity contribution in [2.45, 2.75) is 46.7 Å². The van der Waals surface area contributed by atoms with Crippen molar-refractivity contribution in [3.63, 3.8) is 0 Å². The summed E-state index contributed by atoms with van der Waals surface area (Å²) in [6, 6.07) is 0.0230. The SMILES string of the molecule is Cc1csc(C(C)NC(C)c2c(C)nc(C)[nH]c2=O)n1. The van der Waals surface area contributed by atoms with Crippen molar-refractivity contribution >= 4 is 11.3 Å². The second kappa shape index (κ2) is 5.85. The number of rotatable bonds is 4. The van der Waals surface area contributed by atoms with Crippen molar-refractivity contribution in [2.75, 3.05) is 0 Å². The van der Waals surface area contributed by atoms with Crippen molar-refractivity contribution in [1.82, 2.24) is 20.3 Å². The smallest absolute Gasteiger partial charge is 0.255 e. The maximum Gasteiger partial charge on any atom is 0.255 e. The second-order valence-electron chi connectivity index (χ2n) is 5.09. The van der Waals surface area contributed by atoms with Crippen LogP contribution < -0.4 is 10.9 Å². The first kappa shape index (κ1) is 14.9. The topological polar surface area (TPSA) is 70.7 Å². The number of nitrogens with zero attached hydrogens (tertiary/aromatic N) is 2. The zero-order chi connectivity index (χ0) is 14.9. The number of hydrogen-bond donors (Lipinski definition) is 2. The lowest BCUT2D eigenvalue weighted by Gasteiger charge is -2.19. The van der Waals surface area contributed by atoms with Gasteiger partial charge in [-0.15, -0.1) is 11.3 Å². The van der Waals surface area contributed by atoms with E-state index in [-0.39, 0.29) is 17.6 Å². The molecular weight excluding hydrogens is 272 g/mol. The van der Waals surface area contributed by atoms with Gasteiger partial charge in [0, 0.05) is 22.8 Å². The molecule has 108 valence electrons. The minimum atomic E-state index is -0.0777. The minimum Gasteiger partial charge on any atom is -0.310 e. The molecule has 0 aromatic carbocycles. The lowest BCUT2D eigenvalue weighted by Crippen LogP contribution is -2.29. The first-order chi connectivity index (χ1) is 9.38. The largest absolute Gasteiger partial charge is 0.310 e. The van der Waals surface area contributed by atoms with E-state index in [2.05, 4.69) is 27.2 Å². The average Bonchev–Trinajstić information content (AvgIpc) is 2.74. The Morgan fingerprint density at radius 2 is 1.90 bits per heavy atom. The highest BCUT2D eigenvalue weighted by molar-refractivity contribution is 7.09. The molecular formula is C14H20N4OS. The van der Waals surface area contributed by atoms with Gasteiger partial charge in [0.15, 0.2) is 0 Å². The van der Waals surface area contributed by atoms with E-state index in [1.165, 1.54) is 0 Å². The number of hydrogen-bond acceptors (Lipinski definition) is 5. The van der Waals surface area contributed by atoms with Crippen molar-refractivity contribution in [2.24, 2.45) is 0 Å². The molecule has 0 saturated carbocycles. The van der Waals surface area contributed by atoms with E-state index >= 15 is 0 Å². The summed E-state index contributed by atoms with van der Waals surface area (Å²) in [5.74, 6) is 0.645. The molecule has 0 bridgehead atoms. The van der Waals surface area contributed by atoms with Crippen LogP contribution in [0.2, 0.25) is 0 Å². The number of aromatic nitrogens is 3. The molecule has 6 heteroatoms. The Kier molecular flexibility index (Phi) is 4.35. The van der Waals surface area contributed by atoms with Crippen molar-refractivity contribution < 1.29 is 0 Å². The molecule has 2 aromatic heterocycles. The van der Waals surface area contributed by atoms with Crippen LogP contribution in [0.3, 0.4) is 0 Å². The van der Waals surface area contributed by atoms with E-state index in [0.717, 1.165) is 16.4 Å². The average molecular weight is 292 g/mol. The van der Waals surface area contributed by atoms with Gasteiger partial charge in [-0.05, 0) is 34.6 Å². The number of aryl methyl sites for hydroxylation is 3. The molecule has 2 heterocycles. The van der Waals surface area contributed by atoms with Crippen LogP contribution in [0.15, 0.2) is 10.2 Å². The molecule has 0 fully saturated rings. The van der Waals surface area contributed by atoms with Gasteiger partial charge >= 0.3 is 0 Å². The summed E-state index contributed by atoms with van der Waals surface area (Å²) < 4.78 is 0. The number of nitrogens with one attached hydrogen (secondary N) is 2. The molecule has 5 nitrogen and oxygen atoms in total. The second-order valence-corrected chi connectivity index (χ2v) is 5.98. The highest BCUT2D eigenvalue weighted by atomic mass is 32.1. The molecule has 0 aliphatic heterocycles. The van der Waals surface area contributed by atoms with Gasteiger partial charge in [-0.25, -0.2) is 9.97 Å². The van der Waals surface area contributed by atoms with Crippen LogP contribution in [0.25, 0.3) is 0 Å². The summed E-state index contributed by atoms with van der Waals surface area (Å²) in [4.78, 5) is 23.6. The molecule has 0 aliphatic rings. The summed E-state index contributed by atoms with van der Waals surface area (Å²) >= 11 is 1.63. The van der Waals surface area contributed by atoms with Crippen molar-refractivity contribution in [1.29, 1.82) is 0 Å². The molecule has 2 aromatic rings. The lowest BCUT2D eigenvalue weighted by molar-refractivity contribution is 0.486. The Morgan fingerprint density at radius 3 is 2.45 bits per heavy atom. The van der Waals surface area contributed by atoms with Gasteiger partial charge in [-0.2, -0.15) is 0 Å². The fourth-order valence-corrected chi connectivity index (χ4v) is 3.16. The molecule has 2 rings (SSSR count). The third kappa shape index (κ3) is 3.13. The molecule has 0 saturated heterocycles. The number of aromatic amines is 1. The van der Waals surface area contributed by atoms with E-state index in [4.69, 9.17) is 0 Å². The van der Waals surface area contributed by atoms with E-state index in [0.29, 0.717) is 11.4 Å². The molecule has 2 N–H and O–H groups in total. The summed E-state index contributed by atoms with van der Waals surface area (Å²) in [6.07, 6.45) is 0. The summed E-state index contributed by atoms with van der Waals surface area (Å²) in [5, 5.41) is 6.48. The van der Waals surface area contributed by atoms with E-state index in [1.54, 1.807) is 18.3 Å². The van der Waals surface area contributed by atoms with Gasteiger partial charge in [0.2, 0.25) is 0 Å². The number of thiazole rings is 1. The van der Waals surface area contributed by atoms with Crippen LogP contribution in [0.5, 0.6) is 0 Å². The summed E-state index contributed by atoms with van der Waals surface area (Å²) in [7, 11) is 0. The first-order valence-electron chi connectivity index (χ1n) is 6.64. The molecule has 20 heavy (non-hydrogen) atoms. The van der Waals surface area contributed by atoms with Crippen LogP contribution in [-0.4, -0.2) is 15.0 Å². The third-order valence-corrected chi connectivity index (χ3v) is 4.35. The summed E-state index contributed by atoms with van der Waals surface area (Å²) in [5.41, 5.74) is 2.42. The molecule has 0 radical (unpaired) electrons. The highest BCUT2D eigenvalue weighted by Crippen LogP contribution is 2.21. The monoisotopic (exact) mass is 292 g/mol. The zero-order valence-corrected chi connectivity index (χ0v) is 13.3. The lowest BCUT2D eigenvalue weighted by atomic mass is 10.1.